The van der Waals surface area contributed by atoms with Gasteiger partial charge in [0.2, 0.25) is 0 Å². The quantitative estimate of drug-likeness (QED) is 0.813. The zero-order valence-electron chi connectivity index (χ0n) is 12.2. The van der Waals surface area contributed by atoms with Crippen LogP contribution in [0, 0.1) is 5.82 Å². The van der Waals surface area contributed by atoms with E-state index in [1.54, 1.807) is 27.8 Å². The molecule has 1 saturated heterocycles. The van der Waals surface area contributed by atoms with Crippen LogP contribution in [-0.2, 0) is 4.74 Å². The second kappa shape index (κ2) is 6.50. The van der Waals surface area contributed by atoms with E-state index in [4.69, 9.17) is 4.74 Å². The molecule has 0 unspecified atom stereocenters. The van der Waals surface area contributed by atoms with Crippen molar-refractivity contribution >= 4 is 17.7 Å². The summed E-state index contributed by atoms with van der Waals surface area (Å²) in [6.07, 6.45) is 3.47. The minimum atomic E-state index is -0.310. The second-order valence-electron chi connectivity index (χ2n) is 4.85. The van der Waals surface area contributed by atoms with E-state index in [0.717, 1.165) is 5.69 Å². The van der Waals surface area contributed by atoms with Gasteiger partial charge in [0.15, 0.2) is 5.16 Å². The average molecular weight is 321 g/mol. The number of nitrogens with zero attached hydrogens (tertiary/aromatic N) is 3. The molecule has 1 aromatic carbocycles. The topological polar surface area (TPSA) is 47.4 Å². The molecule has 1 aliphatic heterocycles. The van der Waals surface area contributed by atoms with Gasteiger partial charge >= 0.3 is 0 Å². The molecule has 0 saturated carbocycles. The summed E-state index contributed by atoms with van der Waals surface area (Å²) in [4.78, 5) is 18.8. The third-order valence-electron chi connectivity index (χ3n) is 3.51. The van der Waals surface area contributed by atoms with Crippen LogP contribution in [0.3, 0.4) is 0 Å². The van der Waals surface area contributed by atoms with E-state index < -0.39 is 0 Å². The number of amides is 1. The predicted octanol–water partition coefficient (Wildman–Crippen LogP) is 2.21. The third kappa shape index (κ3) is 2.86. The number of morpholine rings is 1. The van der Waals surface area contributed by atoms with Crippen molar-refractivity contribution in [3.63, 3.8) is 0 Å². The molecule has 2 aromatic rings. The number of rotatable bonds is 3. The first kappa shape index (κ1) is 15.1. The van der Waals surface area contributed by atoms with Crippen molar-refractivity contribution in [1.82, 2.24) is 14.5 Å². The zero-order valence-corrected chi connectivity index (χ0v) is 13.0. The summed E-state index contributed by atoms with van der Waals surface area (Å²) in [5.41, 5.74) is 1.21. The molecule has 7 heteroatoms. The van der Waals surface area contributed by atoms with Gasteiger partial charge in [-0.3, -0.25) is 9.36 Å². The van der Waals surface area contributed by atoms with Crippen LogP contribution < -0.4 is 0 Å². The number of aromatic nitrogens is 2. The number of hydrogen-bond acceptors (Lipinski definition) is 4. The van der Waals surface area contributed by atoms with Gasteiger partial charge in [-0.2, -0.15) is 0 Å². The summed E-state index contributed by atoms with van der Waals surface area (Å²) >= 11 is 1.44. The molecule has 0 atom stereocenters. The number of carbonyl (C=O) groups excluding carboxylic acids is 1. The lowest BCUT2D eigenvalue weighted by atomic mass is 10.3. The lowest BCUT2D eigenvalue weighted by molar-refractivity contribution is 0.0297. The normalized spacial score (nSPS) is 15.1. The van der Waals surface area contributed by atoms with Crippen molar-refractivity contribution in [2.45, 2.75) is 5.16 Å². The summed E-state index contributed by atoms with van der Waals surface area (Å²) in [6, 6.07) is 6.05. The standard InChI is InChI=1S/C15H16FN3O2S/c1-22-15-17-10-13(14(20)18-6-8-21-9-7-18)19(15)12-4-2-11(16)3-5-12/h2-5,10H,6-9H2,1H3. The van der Waals surface area contributed by atoms with Crippen molar-refractivity contribution in [2.75, 3.05) is 32.6 Å². The van der Waals surface area contributed by atoms with E-state index >= 15 is 0 Å². The number of halogens is 1. The molecule has 0 N–H and O–H groups in total. The van der Waals surface area contributed by atoms with Crippen molar-refractivity contribution in [3.05, 3.63) is 42.0 Å². The molecule has 1 amide bonds. The van der Waals surface area contributed by atoms with Gasteiger partial charge in [0.1, 0.15) is 11.5 Å². The highest BCUT2D eigenvalue weighted by Gasteiger charge is 2.24. The summed E-state index contributed by atoms with van der Waals surface area (Å²) < 4.78 is 20.2. The minimum absolute atomic E-state index is 0.0829. The van der Waals surface area contributed by atoms with Gasteiger partial charge in [0.25, 0.3) is 5.91 Å². The molecular weight excluding hydrogens is 305 g/mol. The second-order valence-corrected chi connectivity index (χ2v) is 5.62. The van der Waals surface area contributed by atoms with Gasteiger partial charge < -0.3 is 9.64 Å². The Kier molecular flexibility index (Phi) is 4.44. The lowest BCUT2D eigenvalue weighted by Crippen LogP contribution is -2.41. The molecule has 2 heterocycles. The molecule has 3 rings (SSSR count). The van der Waals surface area contributed by atoms with E-state index in [1.165, 1.54) is 23.9 Å². The van der Waals surface area contributed by atoms with Crippen molar-refractivity contribution < 1.29 is 13.9 Å². The van der Waals surface area contributed by atoms with Gasteiger partial charge in [0, 0.05) is 18.8 Å². The Hall–Kier alpha value is -1.86. The van der Waals surface area contributed by atoms with Gasteiger partial charge in [0.05, 0.1) is 19.4 Å². The number of imidazole rings is 1. The molecule has 0 spiro atoms. The minimum Gasteiger partial charge on any atom is -0.378 e. The Morgan fingerprint density at radius 3 is 2.59 bits per heavy atom. The van der Waals surface area contributed by atoms with Crippen LogP contribution in [-0.4, -0.2) is 52.9 Å². The fourth-order valence-electron chi connectivity index (χ4n) is 2.40. The molecule has 0 aliphatic carbocycles. The van der Waals surface area contributed by atoms with Crippen LogP contribution in [0.4, 0.5) is 4.39 Å². The highest BCUT2D eigenvalue weighted by Crippen LogP contribution is 2.23. The Morgan fingerprint density at radius 2 is 1.95 bits per heavy atom. The average Bonchev–Trinajstić information content (AvgIpc) is 2.99. The first-order valence-corrected chi connectivity index (χ1v) is 8.18. The molecule has 1 aliphatic rings. The van der Waals surface area contributed by atoms with Gasteiger partial charge in [-0.15, -0.1) is 0 Å². The Labute approximate surface area is 132 Å². The van der Waals surface area contributed by atoms with Crippen molar-refractivity contribution in [2.24, 2.45) is 0 Å². The summed E-state index contributed by atoms with van der Waals surface area (Å²) in [5.74, 6) is -0.393. The Balaban J connectivity index is 1.99. The number of carbonyl (C=O) groups is 1. The van der Waals surface area contributed by atoms with E-state index in [-0.39, 0.29) is 11.7 Å². The van der Waals surface area contributed by atoms with Gasteiger partial charge in [-0.05, 0) is 30.5 Å². The fraction of sp³-hybridized carbons (Fsp3) is 0.333. The monoisotopic (exact) mass is 321 g/mol. The molecule has 22 heavy (non-hydrogen) atoms. The van der Waals surface area contributed by atoms with E-state index in [2.05, 4.69) is 4.98 Å². The number of thioether (sulfide) groups is 1. The van der Waals surface area contributed by atoms with Crippen LogP contribution in [0.15, 0.2) is 35.6 Å². The maximum Gasteiger partial charge on any atom is 0.272 e. The molecule has 0 radical (unpaired) electrons. The Bertz CT molecular complexity index is 666. The van der Waals surface area contributed by atoms with E-state index in [1.807, 2.05) is 6.26 Å². The fourth-order valence-corrected chi connectivity index (χ4v) is 2.94. The van der Waals surface area contributed by atoms with Crippen LogP contribution >= 0.6 is 11.8 Å². The maximum atomic E-state index is 13.1. The van der Waals surface area contributed by atoms with E-state index in [0.29, 0.717) is 37.2 Å². The maximum absolute atomic E-state index is 13.1. The number of benzene rings is 1. The zero-order chi connectivity index (χ0) is 15.5. The summed E-state index contributed by atoms with van der Waals surface area (Å²) in [7, 11) is 0. The van der Waals surface area contributed by atoms with Gasteiger partial charge in [-0.25, -0.2) is 9.37 Å². The van der Waals surface area contributed by atoms with Crippen LogP contribution in [0.2, 0.25) is 0 Å². The van der Waals surface area contributed by atoms with Crippen LogP contribution in [0.5, 0.6) is 0 Å². The molecule has 1 fully saturated rings. The summed E-state index contributed by atoms with van der Waals surface area (Å²) in [5, 5.41) is 0.697. The highest BCUT2D eigenvalue weighted by atomic mass is 32.2. The van der Waals surface area contributed by atoms with E-state index in [9.17, 15) is 9.18 Å². The third-order valence-corrected chi connectivity index (χ3v) is 4.17. The first-order chi connectivity index (χ1) is 10.7. The summed E-state index contributed by atoms with van der Waals surface area (Å²) in [6.45, 7) is 2.24. The smallest absolute Gasteiger partial charge is 0.272 e. The molecule has 0 bridgehead atoms. The van der Waals surface area contributed by atoms with Crippen LogP contribution in [0.25, 0.3) is 5.69 Å². The van der Waals surface area contributed by atoms with Crippen molar-refractivity contribution in [1.29, 1.82) is 0 Å². The highest BCUT2D eigenvalue weighted by molar-refractivity contribution is 7.98. The SMILES string of the molecule is CSc1ncc(C(=O)N2CCOCC2)n1-c1ccc(F)cc1. The number of hydrogen-bond donors (Lipinski definition) is 0. The largest absolute Gasteiger partial charge is 0.378 e. The predicted molar refractivity (Wildman–Crippen MR) is 82.0 cm³/mol. The lowest BCUT2D eigenvalue weighted by Gasteiger charge is -2.27. The first-order valence-electron chi connectivity index (χ1n) is 6.95. The van der Waals surface area contributed by atoms with Crippen LogP contribution in [0.1, 0.15) is 10.5 Å². The van der Waals surface area contributed by atoms with Gasteiger partial charge in [-0.1, -0.05) is 11.8 Å². The molecule has 5 nitrogen and oxygen atoms in total. The molecule has 1 aromatic heterocycles. The van der Waals surface area contributed by atoms with Crippen molar-refractivity contribution in [3.8, 4) is 5.69 Å². The Morgan fingerprint density at radius 1 is 1.27 bits per heavy atom. The number of ether oxygens (including phenoxy) is 1. The molecular formula is C15H16FN3O2S. The molecule has 116 valence electrons.